The zero-order valence-corrected chi connectivity index (χ0v) is 20.5. The molecule has 0 bridgehead atoms. The summed E-state index contributed by atoms with van der Waals surface area (Å²) in [5, 5.41) is 3.44. The van der Waals surface area contributed by atoms with Crippen LogP contribution in [0.25, 0.3) is 0 Å². The number of carbonyl (C=O) groups is 2. The van der Waals surface area contributed by atoms with E-state index in [0.29, 0.717) is 30.2 Å². The van der Waals surface area contributed by atoms with Gasteiger partial charge >= 0.3 is 0 Å². The Bertz CT molecular complexity index is 1060. The number of carbonyl (C=O) groups excluding carboxylic acids is 2. The SMILES string of the molecule is CNC(=O)[C@@H](Cc1ccccc1)N(Cc1cccc(C)c1)C(=O)CCSc1ccc(Cl)cc1. The summed E-state index contributed by atoms with van der Waals surface area (Å²) in [6, 6.07) is 24.9. The summed E-state index contributed by atoms with van der Waals surface area (Å²) in [6.07, 6.45) is 0.795. The van der Waals surface area contributed by atoms with Crippen molar-refractivity contribution in [3.63, 3.8) is 0 Å². The number of hydrogen-bond acceptors (Lipinski definition) is 3. The predicted octanol–water partition coefficient (Wildman–Crippen LogP) is 5.52. The van der Waals surface area contributed by atoms with Crippen LogP contribution in [0.4, 0.5) is 0 Å². The quantitative estimate of drug-likeness (QED) is 0.389. The van der Waals surface area contributed by atoms with Crippen LogP contribution in [-0.4, -0.2) is 35.6 Å². The molecule has 0 heterocycles. The van der Waals surface area contributed by atoms with Crippen LogP contribution in [0.1, 0.15) is 23.1 Å². The highest BCUT2D eigenvalue weighted by Gasteiger charge is 2.29. The van der Waals surface area contributed by atoms with Crippen molar-refractivity contribution in [2.75, 3.05) is 12.8 Å². The number of halogens is 1. The molecule has 0 aliphatic heterocycles. The second-order valence-corrected chi connectivity index (χ2v) is 9.49. The molecule has 0 aromatic heterocycles. The maximum absolute atomic E-state index is 13.4. The summed E-state index contributed by atoms with van der Waals surface area (Å²) < 4.78 is 0. The molecule has 3 rings (SSSR count). The number of nitrogens with one attached hydrogen (secondary N) is 1. The lowest BCUT2D eigenvalue weighted by Crippen LogP contribution is -2.49. The normalized spacial score (nSPS) is 11.6. The fourth-order valence-corrected chi connectivity index (χ4v) is 4.63. The van der Waals surface area contributed by atoms with Crippen molar-refractivity contribution in [2.45, 2.75) is 37.2 Å². The lowest BCUT2D eigenvalue weighted by Gasteiger charge is -2.31. The molecule has 1 N–H and O–H groups in total. The monoisotopic (exact) mass is 480 g/mol. The maximum atomic E-state index is 13.4. The molecule has 0 radical (unpaired) electrons. The highest BCUT2D eigenvalue weighted by Crippen LogP contribution is 2.22. The average Bonchev–Trinajstić information content (AvgIpc) is 2.82. The van der Waals surface area contributed by atoms with Crippen LogP contribution < -0.4 is 5.32 Å². The number of likely N-dealkylation sites (N-methyl/N-ethyl adjacent to an activating group) is 1. The van der Waals surface area contributed by atoms with Crippen LogP contribution in [0.2, 0.25) is 5.02 Å². The van der Waals surface area contributed by atoms with Gasteiger partial charge in [-0.15, -0.1) is 11.8 Å². The molecule has 0 saturated heterocycles. The Labute approximate surface area is 205 Å². The number of hydrogen-bond donors (Lipinski definition) is 1. The van der Waals surface area contributed by atoms with Crippen molar-refractivity contribution in [3.8, 4) is 0 Å². The van der Waals surface area contributed by atoms with E-state index in [1.54, 1.807) is 23.7 Å². The molecular formula is C27H29ClN2O2S. The van der Waals surface area contributed by atoms with Gasteiger partial charge in [-0.1, -0.05) is 71.8 Å². The van der Waals surface area contributed by atoms with Crippen LogP contribution in [0.3, 0.4) is 0 Å². The molecule has 4 nitrogen and oxygen atoms in total. The Kier molecular flexibility index (Phi) is 9.40. The molecule has 0 unspecified atom stereocenters. The number of benzene rings is 3. The molecule has 3 aromatic carbocycles. The smallest absolute Gasteiger partial charge is 0.242 e. The molecule has 0 aliphatic rings. The first kappa shape index (κ1) is 24.9. The zero-order valence-electron chi connectivity index (χ0n) is 19.0. The third kappa shape index (κ3) is 7.65. The molecular weight excluding hydrogens is 452 g/mol. The second kappa shape index (κ2) is 12.5. The minimum atomic E-state index is -0.592. The standard InChI is InChI=1S/C27H29ClN2O2S/c1-20-7-6-10-22(17-20)19-30(25(27(32)29-2)18-21-8-4-3-5-9-21)26(31)15-16-33-24-13-11-23(28)12-14-24/h3-14,17,25H,15-16,18-19H2,1-2H3,(H,29,32)/t25-/m1/s1. The van der Waals surface area contributed by atoms with E-state index in [-0.39, 0.29) is 11.8 Å². The Hall–Kier alpha value is -2.76. The number of rotatable bonds is 10. The summed E-state index contributed by atoms with van der Waals surface area (Å²) in [7, 11) is 1.62. The van der Waals surface area contributed by atoms with Gasteiger partial charge in [0.25, 0.3) is 0 Å². The van der Waals surface area contributed by atoms with E-state index in [1.165, 1.54) is 0 Å². The molecule has 2 amide bonds. The van der Waals surface area contributed by atoms with Gasteiger partial charge in [0.15, 0.2) is 0 Å². The minimum absolute atomic E-state index is 0.0394. The number of nitrogens with zero attached hydrogens (tertiary/aromatic N) is 1. The van der Waals surface area contributed by atoms with E-state index < -0.39 is 6.04 Å². The lowest BCUT2D eigenvalue weighted by atomic mass is 10.0. The number of aryl methyl sites for hydroxylation is 1. The van der Waals surface area contributed by atoms with E-state index in [2.05, 4.69) is 11.4 Å². The van der Waals surface area contributed by atoms with Crippen molar-refractivity contribution in [1.82, 2.24) is 10.2 Å². The molecule has 33 heavy (non-hydrogen) atoms. The van der Waals surface area contributed by atoms with E-state index >= 15 is 0 Å². The Morgan fingerprint density at radius 2 is 1.67 bits per heavy atom. The van der Waals surface area contributed by atoms with Gasteiger partial charge < -0.3 is 10.2 Å². The van der Waals surface area contributed by atoms with E-state index in [4.69, 9.17) is 11.6 Å². The van der Waals surface area contributed by atoms with Gasteiger partial charge in [-0.25, -0.2) is 0 Å². The first-order chi connectivity index (χ1) is 16.0. The molecule has 0 aliphatic carbocycles. The Morgan fingerprint density at radius 3 is 2.33 bits per heavy atom. The van der Waals surface area contributed by atoms with Crippen LogP contribution >= 0.6 is 23.4 Å². The third-order valence-electron chi connectivity index (χ3n) is 5.35. The van der Waals surface area contributed by atoms with Crippen molar-refractivity contribution >= 4 is 35.2 Å². The first-order valence-electron chi connectivity index (χ1n) is 10.9. The van der Waals surface area contributed by atoms with Gasteiger partial charge in [0, 0.05) is 42.1 Å². The molecule has 0 fully saturated rings. The second-order valence-electron chi connectivity index (χ2n) is 7.88. The van der Waals surface area contributed by atoms with Gasteiger partial charge in [0.05, 0.1) is 0 Å². The topological polar surface area (TPSA) is 49.4 Å². The fourth-order valence-electron chi connectivity index (χ4n) is 3.66. The highest BCUT2D eigenvalue weighted by molar-refractivity contribution is 7.99. The van der Waals surface area contributed by atoms with Crippen LogP contribution in [0, 0.1) is 6.92 Å². The van der Waals surface area contributed by atoms with E-state index in [9.17, 15) is 9.59 Å². The Morgan fingerprint density at radius 1 is 0.970 bits per heavy atom. The summed E-state index contributed by atoms with van der Waals surface area (Å²) in [6.45, 7) is 2.41. The van der Waals surface area contributed by atoms with Crippen LogP contribution in [0.5, 0.6) is 0 Å². The van der Waals surface area contributed by atoms with Crippen LogP contribution in [0.15, 0.2) is 83.8 Å². The molecule has 1 atom stereocenters. The fraction of sp³-hybridized carbons (Fsp3) is 0.259. The zero-order chi connectivity index (χ0) is 23.6. The maximum Gasteiger partial charge on any atom is 0.242 e. The van der Waals surface area contributed by atoms with Crippen molar-refractivity contribution < 1.29 is 9.59 Å². The van der Waals surface area contributed by atoms with Gasteiger partial charge in [-0.3, -0.25) is 9.59 Å². The minimum Gasteiger partial charge on any atom is -0.357 e. The molecule has 172 valence electrons. The molecule has 3 aromatic rings. The number of thioether (sulfide) groups is 1. The first-order valence-corrected chi connectivity index (χ1v) is 12.3. The summed E-state index contributed by atoms with van der Waals surface area (Å²) in [5.41, 5.74) is 3.15. The molecule has 0 spiro atoms. The largest absolute Gasteiger partial charge is 0.357 e. The highest BCUT2D eigenvalue weighted by atomic mass is 35.5. The average molecular weight is 481 g/mol. The van der Waals surface area contributed by atoms with Crippen molar-refractivity contribution in [3.05, 3.63) is 101 Å². The van der Waals surface area contributed by atoms with Gasteiger partial charge in [0.2, 0.25) is 11.8 Å². The summed E-state index contributed by atoms with van der Waals surface area (Å²) >= 11 is 7.57. The molecule has 0 saturated carbocycles. The van der Waals surface area contributed by atoms with E-state index in [1.807, 2.05) is 79.7 Å². The Balaban J connectivity index is 1.80. The van der Waals surface area contributed by atoms with Crippen molar-refractivity contribution in [2.24, 2.45) is 0 Å². The van der Waals surface area contributed by atoms with Crippen molar-refractivity contribution in [1.29, 1.82) is 0 Å². The van der Waals surface area contributed by atoms with Gasteiger partial charge in [0.1, 0.15) is 6.04 Å². The summed E-state index contributed by atoms with van der Waals surface area (Å²) in [5.74, 6) is 0.420. The van der Waals surface area contributed by atoms with Gasteiger partial charge in [-0.05, 0) is 42.3 Å². The number of amides is 2. The third-order valence-corrected chi connectivity index (χ3v) is 6.62. The predicted molar refractivity (Wildman–Crippen MR) is 137 cm³/mol. The summed E-state index contributed by atoms with van der Waals surface area (Å²) in [4.78, 5) is 29.1. The van der Waals surface area contributed by atoms with Gasteiger partial charge in [-0.2, -0.15) is 0 Å². The van der Waals surface area contributed by atoms with E-state index in [0.717, 1.165) is 21.6 Å². The molecule has 6 heteroatoms. The van der Waals surface area contributed by atoms with Crippen LogP contribution in [-0.2, 0) is 22.6 Å². The lowest BCUT2D eigenvalue weighted by molar-refractivity contribution is -0.140.